The lowest BCUT2D eigenvalue weighted by atomic mass is 10.0. The Kier molecular flexibility index (Phi) is 5.56. The van der Waals surface area contributed by atoms with Gasteiger partial charge in [0.25, 0.3) is 0 Å². The van der Waals surface area contributed by atoms with Gasteiger partial charge in [-0.25, -0.2) is 0 Å². The number of halogens is 3. The van der Waals surface area contributed by atoms with Crippen molar-refractivity contribution in [1.29, 1.82) is 0 Å². The lowest BCUT2D eigenvalue weighted by Gasteiger charge is -2.24. The van der Waals surface area contributed by atoms with E-state index in [9.17, 15) is 18.3 Å². The Morgan fingerprint density at radius 3 is 2.00 bits per heavy atom. The van der Waals surface area contributed by atoms with Gasteiger partial charge in [-0.05, 0) is 26.5 Å². The van der Waals surface area contributed by atoms with E-state index in [0.717, 1.165) is 11.1 Å². The van der Waals surface area contributed by atoms with E-state index in [1.54, 1.807) is 12.1 Å². The van der Waals surface area contributed by atoms with Gasteiger partial charge in [0.1, 0.15) is 0 Å². The molecule has 0 aromatic heterocycles. The molecule has 0 aliphatic carbocycles. The first kappa shape index (κ1) is 16.9. The summed E-state index contributed by atoms with van der Waals surface area (Å²) in [5.74, 6) is 0. The number of aryl methyl sites for hydroxylation is 2. The largest absolute Gasteiger partial charge is 0.415 e. The van der Waals surface area contributed by atoms with Crippen LogP contribution in [-0.2, 0) is 0 Å². The first-order valence-corrected chi connectivity index (χ1v) is 6.29. The van der Waals surface area contributed by atoms with Gasteiger partial charge in [0.15, 0.2) is 6.10 Å². The Morgan fingerprint density at radius 2 is 1.55 bits per heavy atom. The number of hydrogen-bond acceptors (Lipinski definition) is 3. The van der Waals surface area contributed by atoms with Gasteiger partial charge in [0.05, 0.1) is 6.10 Å². The first-order valence-electron chi connectivity index (χ1n) is 6.29. The van der Waals surface area contributed by atoms with Gasteiger partial charge in [-0.1, -0.05) is 29.3 Å². The van der Waals surface area contributed by atoms with Gasteiger partial charge in [-0.2, -0.15) is 13.2 Å². The van der Waals surface area contributed by atoms with Crippen LogP contribution in [0.1, 0.15) is 22.8 Å². The van der Waals surface area contributed by atoms with Crippen LogP contribution < -0.4 is 0 Å². The summed E-state index contributed by atoms with van der Waals surface area (Å²) in [6.45, 7) is 3.24. The molecule has 1 aromatic carbocycles. The van der Waals surface area contributed by atoms with Crippen molar-refractivity contribution in [1.82, 2.24) is 4.90 Å². The van der Waals surface area contributed by atoms with Crippen molar-refractivity contribution in [3.63, 3.8) is 0 Å². The maximum Gasteiger partial charge on any atom is 0.415 e. The quantitative estimate of drug-likeness (QED) is 0.874. The van der Waals surface area contributed by atoms with Crippen molar-refractivity contribution < 1.29 is 23.4 Å². The number of aliphatic hydroxyl groups is 2. The average molecular weight is 291 g/mol. The molecular formula is C14H20F3NO2. The lowest BCUT2D eigenvalue weighted by molar-refractivity contribution is -0.207. The molecule has 0 spiro atoms. The fraction of sp³-hybridized carbons (Fsp3) is 0.571. The molecule has 0 saturated carbocycles. The molecule has 114 valence electrons. The van der Waals surface area contributed by atoms with Crippen molar-refractivity contribution in [3.05, 3.63) is 34.9 Å². The minimum Gasteiger partial charge on any atom is -0.387 e. The summed E-state index contributed by atoms with van der Waals surface area (Å²) < 4.78 is 36.7. The molecule has 0 aliphatic heterocycles. The molecule has 0 heterocycles. The van der Waals surface area contributed by atoms with Gasteiger partial charge < -0.3 is 15.1 Å². The molecule has 2 atom stereocenters. The first-order chi connectivity index (χ1) is 9.09. The molecule has 0 saturated heterocycles. The second-order valence-electron chi connectivity index (χ2n) is 5.22. The normalized spacial score (nSPS) is 15.4. The number of likely N-dealkylation sites (N-methyl/N-ethyl adjacent to an activating group) is 1. The smallest absolute Gasteiger partial charge is 0.387 e. The van der Waals surface area contributed by atoms with Gasteiger partial charge in [-0.15, -0.1) is 0 Å². The standard InChI is InChI=1S/C14H20F3NO2/c1-9-4-10(2)6-11(5-9)12(19)7-18(3)8-13(20)14(15,16)17/h4-6,12-13,19-20H,7-8H2,1-3H3. The SMILES string of the molecule is Cc1cc(C)cc(C(O)CN(C)CC(O)C(F)(F)F)c1. The van der Waals surface area contributed by atoms with Gasteiger partial charge in [-0.3, -0.25) is 0 Å². The topological polar surface area (TPSA) is 43.7 Å². The predicted octanol–water partition coefficient (Wildman–Crippen LogP) is 2.19. The van der Waals surface area contributed by atoms with E-state index in [4.69, 9.17) is 5.11 Å². The van der Waals surface area contributed by atoms with Crippen molar-refractivity contribution in [3.8, 4) is 0 Å². The minimum atomic E-state index is -4.64. The number of aliphatic hydroxyl groups excluding tert-OH is 2. The maximum atomic E-state index is 12.2. The number of rotatable bonds is 5. The highest BCUT2D eigenvalue weighted by molar-refractivity contribution is 5.30. The average Bonchev–Trinajstić information content (AvgIpc) is 2.25. The summed E-state index contributed by atoms with van der Waals surface area (Å²) in [5.41, 5.74) is 2.63. The van der Waals surface area contributed by atoms with Crippen molar-refractivity contribution in [2.45, 2.75) is 32.2 Å². The van der Waals surface area contributed by atoms with Crippen LogP contribution in [0.4, 0.5) is 13.2 Å². The molecule has 1 aromatic rings. The van der Waals surface area contributed by atoms with Crippen LogP contribution in [0.5, 0.6) is 0 Å². The molecule has 3 nitrogen and oxygen atoms in total. The Bertz CT molecular complexity index is 428. The van der Waals surface area contributed by atoms with E-state index >= 15 is 0 Å². The van der Waals surface area contributed by atoms with Crippen LogP contribution in [0.2, 0.25) is 0 Å². The summed E-state index contributed by atoms with van der Waals surface area (Å²) in [7, 11) is 1.43. The van der Waals surface area contributed by atoms with E-state index < -0.39 is 24.9 Å². The second kappa shape index (κ2) is 6.56. The zero-order valence-corrected chi connectivity index (χ0v) is 11.8. The second-order valence-corrected chi connectivity index (χ2v) is 5.22. The van der Waals surface area contributed by atoms with E-state index in [1.165, 1.54) is 11.9 Å². The van der Waals surface area contributed by atoms with Crippen LogP contribution in [0.3, 0.4) is 0 Å². The van der Waals surface area contributed by atoms with Gasteiger partial charge >= 0.3 is 6.18 Å². The molecule has 0 aliphatic rings. The van der Waals surface area contributed by atoms with E-state index in [1.807, 2.05) is 19.9 Å². The molecule has 2 N–H and O–H groups in total. The van der Waals surface area contributed by atoms with E-state index in [2.05, 4.69) is 0 Å². The number of hydrogen-bond donors (Lipinski definition) is 2. The highest BCUT2D eigenvalue weighted by Crippen LogP contribution is 2.22. The van der Waals surface area contributed by atoms with Crippen LogP contribution in [-0.4, -0.2) is 47.5 Å². The lowest BCUT2D eigenvalue weighted by Crippen LogP contribution is -2.40. The molecule has 1 rings (SSSR count). The van der Waals surface area contributed by atoms with E-state index in [0.29, 0.717) is 5.56 Å². The van der Waals surface area contributed by atoms with Crippen molar-refractivity contribution >= 4 is 0 Å². The summed E-state index contributed by atoms with van der Waals surface area (Å²) >= 11 is 0. The summed E-state index contributed by atoms with van der Waals surface area (Å²) in [5, 5.41) is 19.0. The zero-order chi connectivity index (χ0) is 15.5. The molecular weight excluding hydrogens is 271 g/mol. The third-order valence-electron chi connectivity index (χ3n) is 2.98. The Balaban J connectivity index is 2.63. The molecule has 2 unspecified atom stereocenters. The highest BCUT2D eigenvalue weighted by Gasteiger charge is 2.38. The van der Waals surface area contributed by atoms with Crippen molar-refractivity contribution in [2.24, 2.45) is 0 Å². The predicted molar refractivity (Wildman–Crippen MR) is 70.4 cm³/mol. The molecule has 0 fully saturated rings. The fourth-order valence-electron chi connectivity index (χ4n) is 2.08. The number of alkyl halides is 3. The third-order valence-corrected chi connectivity index (χ3v) is 2.98. The highest BCUT2D eigenvalue weighted by atomic mass is 19.4. The molecule has 0 bridgehead atoms. The van der Waals surface area contributed by atoms with Crippen molar-refractivity contribution in [2.75, 3.05) is 20.1 Å². The summed E-state index contributed by atoms with van der Waals surface area (Å²) in [6, 6.07) is 5.55. The molecule has 20 heavy (non-hydrogen) atoms. The fourth-order valence-corrected chi connectivity index (χ4v) is 2.08. The Labute approximate surface area is 116 Å². The van der Waals surface area contributed by atoms with Crippen LogP contribution in [0.25, 0.3) is 0 Å². The minimum absolute atomic E-state index is 0.0238. The zero-order valence-electron chi connectivity index (χ0n) is 11.8. The Hall–Kier alpha value is -1.11. The number of benzene rings is 1. The van der Waals surface area contributed by atoms with E-state index in [-0.39, 0.29) is 6.54 Å². The summed E-state index contributed by atoms with van der Waals surface area (Å²) in [4.78, 5) is 1.26. The molecule has 0 radical (unpaired) electrons. The third kappa shape index (κ3) is 5.11. The van der Waals surface area contributed by atoms with Crippen LogP contribution >= 0.6 is 0 Å². The molecule has 6 heteroatoms. The van der Waals surface area contributed by atoms with Crippen LogP contribution in [0.15, 0.2) is 18.2 Å². The molecule has 0 amide bonds. The van der Waals surface area contributed by atoms with Gasteiger partial charge in [0, 0.05) is 13.1 Å². The summed E-state index contributed by atoms with van der Waals surface area (Å²) in [6.07, 6.45) is -7.93. The maximum absolute atomic E-state index is 12.2. The monoisotopic (exact) mass is 291 g/mol. The Morgan fingerprint density at radius 1 is 1.05 bits per heavy atom. The van der Waals surface area contributed by atoms with Crippen LogP contribution in [0, 0.1) is 13.8 Å². The van der Waals surface area contributed by atoms with Gasteiger partial charge in [0.2, 0.25) is 0 Å². The number of nitrogens with zero attached hydrogens (tertiary/aromatic N) is 1.